The minimum Gasteiger partial charge on any atom is -0.462 e. The van der Waals surface area contributed by atoms with Gasteiger partial charge in [0.25, 0.3) is 5.88 Å². The van der Waals surface area contributed by atoms with Crippen molar-refractivity contribution in [2.45, 2.75) is 27.2 Å². The van der Waals surface area contributed by atoms with Gasteiger partial charge in [-0.1, -0.05) is 12.8 Å². The second-order valence-electron chi connectivity index (χ2n) is 3.61. The minimum absolute atomic E-state index is 0.0442. The number of anilines is 1. The van der Waals surface area contributed by atoms with E-state index in [-0.39, 0.29) is 18.3 Å². The van der Waals surface area contributed by atoms with E-state index in [1.54, 1.807) is 6.92 Å². The standard InChI is InChI=1S/C13H18FN3O/c1-4-7-9-18-13-11(14)12(15-10-16-13)17(6-3)8-5-2/h10H,5-6,8-9H2,1-3H3. The summed E-state index contributed by atoms with van der Waals surface area (Å²) in [4.78, 5) is 9.62. The molecule has 0 unspecified atom stereocenters. The second-order valence-corrected chi connectivity index (χ2v) is 3.61. The first kappa shape index (κ1) is 14.2. The van der Waals surface area contributed by atoms with Crippen LogP contribution in [0.4, 0.5) is 10.2 Å². The Morgan fingerprint density at radius 2 is 2.17 bits per heavy atom. The number of hydrogen-bond acceptors (Lipinski definition) is 4. The average Bonchev–Trinajstić information content (AvgIpc) is 2.39. The Hall–Kier alpha value is -1.83. The van der Waals surface area contributed by atoms with Crippen LogP contribution in [0.25, 0.3) is 0 Å². The van der Waals surface area contributed by atoms with Crippen LogP contribution in [0.1, 0.15) is 27.2 Å². The first-order valence-electron chi connectivity index (χ1n) is 6.02. The molecule has 0 atom stereocenters. The van der Waals surface area contributed by atoms with E-state index in [1.807, 2.05) is 18.7 Å². The molecule has 1 aromatic heterocycles. The molecule has 1 heterocycles. The van der Waals surface area contributed by atoms with Gasteiger partial charge >= 0.3 is 0 Å². The Kier molecular flexibility index (Phi) is 5.92. The van der Waals surface area contributed by atoms with Crippen molar-refractivity contribution in [3.63, 3.8) is 0 Å². The molecule has 5 heteroatoms. The zero-order valence-electron chi connectivity index (χ0n) is 11.0. The van der Waals surface area contributed by atoms with E-state index in [1.165, 1.54) is 6.33 Å². The summed E-state index contributed by atoms with van der Waals surface area (Å²) in [6, 6.07) is 0. The van der Waals surface area contributed by atoms with Crippen LogP contribution in [0, 0.1) is 17.7 Å². The van der Waals surface area contributed by atoms with Crippen LogP contribution in [0.5, 0.6) is 5.88 Å². The Balaban J connectivity index is 2.91. The normalized spacial score (nSPS) is 9.56. The summed E-state index contributed by atoms with van der Waals surface area (Å²) in [6.45, 7) is 7.26. The van der Waals surface area contributed by atoms with Crippen molar-refractivity contribution < 1.29 is 9.13 Å². The fourth-order valence-corrected chi connectivity index (χ4v) is 1.53. The highest BCUT2D eigenvalue weighted by Crippen LogP contribution is 2.22. The fourth-order valence-electron chi connectivity index (χ4n) is 1.53. The first-order chi connectivity index (χ1) is 8.74. The van der Waals surface area contributed by atoms with Crippen molar-refractivity contribution >= 4 is 5.82 Å². The molecule has 0 radical (unpaired) electrons. The van der Waals surface area contributed by atoms with Gasteiger partial charge in [-0.3, -0.25) is 0 Å². The molecule has 1 aromatic rings. The summed E-state index contributed by atoms with van der Waals surface area (Å²) >= 11 is 0. The number of halogens is 1. The third-order valence-electron chi connectivity index (χ3n) is 2.37. The van der Waals surface area contributed by atoms with Gasteiger partial charge in [0.05, 0.1) is 0 Å². The third-order valence-corrected chi connectivity index (χ3v) is 2.37. The van der Waals surface area contributed by atoms with Crippen molar-refractivity contribution in [1.29, 1.82) is 0 Å². The number of nitrogens with zero attached hydrogens (tertiary/aromatic N) is 3. The molecule has 0 N–H and O–H groups in total. The molecule has 0 saturated heterocycles. The van der Waals surface area contributed by atoms with Crippen LogP contribution >= 0.6 is 0 Å². The topological polar surface area (TPSA) is 38.3 Å². The van der Waals surface area contributed by atoms with Gasteiger partial charge in [-0.05, 0) is 20.3 Å². The van der Waals surface area contributed by atoms with Crippen molar-refractivity contribution in [1.82, 2.24) is 9.97 Å². The molecule has 18 heavy (non-hydrogen) atoms. The Morgan fingerprint density at radius 3 is 2.78 bits per heavy atom. The number of rotatable bonds is 6. The Labute approximate surface area is 107 Å². The molecular weight excluding hydrogens is 233 g/mol. The monoisotopic (exact) mass is 251 g/mol. The van der Waals surface area contributed by atoms with Crippen molar-refractivity contribution in [3.8, 4) is 17.7 Å². The van der Waals surface area contributed by atoms with E-state index in [9.17, 15) is 4.39 Å². The van der Waals surface area contributed by atoms with Crippen LogP contribution in [0.3, 0.4) is 0 Å². The molecule has 0 saturated carbocycles. The lowest BCUT2D eigenvalue weighted by Gasteiger charge is -2.21. The molecule has 0 aliphatic heterocycles. The number of ether oxygens (including phenoxy) is 1. The SMILES string of the molecule is CC#CCOc1ncnc(N(CC)CCC)c1F. The summed E-state index contributed by atoms with van der Waals surface area (Å²) in [6.07, 6.45) is 2.24. The van der Waals surface area contributed by atoms with Gasteiger partial charge in [0.15, 0.2) is 12.4 Å². The Morgan fingerprint density at radius 1 is 1.39 bits per heavy atom. The van der Waals surface area contributed by atoms with Gasteiger partial charge in [0.2, 0.25) is 5.82 Å². The predicted octanol–water partition coefficient (Wildman–Crippen LogP) is 2.25. The average molecular weight is 251 g/mol. The van der Waals surface area contributed by atoms with E-state index in [4.69, 9.17) is 4.74 Å². The molecule has 0 fully saturated rings. The van der Waals surface area contributed by atoms with Gasteiger partial charge in [-0.25, -0.2) is 4.98 Å². The third kappa shape index (κ3) is 3.59. The van der Waals surface area contributed by atoms with Crippen molar-refractivity contribution in [2.24, 2.45) is 0 Å². The summed E-state index contributed by atoms with van der Waals surface area (Å²) in [5, 5.41) is 0. The molecule has 1 rings (SSSR count). The lowest BCUT2D eigenvalue weighted by atomic mass is 10.4. The zero-order chi connectivity index (χ0) is 13.4. The van der Waals surface area contributed by atoms with Crippen LogP contribution in [-0.4, -0.2) is 29.7 Å². The quantitative estimate of drug-likeness (QED) is 0.727. The highest BCUT2D eigenvalue weighted by atomic mass is 19.1. The van der Waals surface area contributed by atoms with Crippen LogP contribution in [0.15, 0.2) is 6.33 Å². The maximum Gasteiger partial charge on any atom is 0.256 e. The molecule has 4 nitrogen and oxygen atoms in total. The first-order valence-corrected chi connectivity index (χ1v) is 6.02. The molecule has 0 aromatic carbocycles. The van der Waals surface area contributed by atoms with Gasteiger partial charge in [-0.15, -0.1) is 5.92 Å². The highest BCUT2D eigenvalue weighted by molar-refractivity contribution is 5.42. The fraction of sp³-hybridized carbons (Fsp3) is 0.538. The van der Waals surface area contributed by atoms with Crippen LogP contribution in [0.2, 0.25) is 0 Å². The van der Waals surface area contributed by atoms with Gasteiger partial charge in [0, 0.05) is 13.1 Å². The molecule has 0 aliphatic rings. The van der Waals surface area contributed by atoms with E-state index in [2.05, 4.69) is 21.8 Å². The largest absolute Gasteiger partial charge is 0.462 e. The summed E-state index contributed by atoms with van der Waals surface area (Å²) < 4.78 is 19.3. The molecule has 0 aliphatic carbocycles. The van der Waals surface area contributed by atoms with Gasteiger partial charge < -0.3 is 9.64 Å². The molecule has 0 bridgehead atoms. The molecule has 0 amide bonds. The Bertz CT molecular complexity index is 440. The number of hydrogen-bond donors (Lipinski definition) is 0. The summed E-state index contributed by atoms with van der Waals surface area (Å²) in [5.74, 6) is 5.09. The molecule has 0 spiro atoms. The van der Waals surface area contributed by atoms with E-state index in [0.717, 1.165) is 13.0 Å². The smallest absolute Gasteiger partial charge is 0.256 e. The zero-order valence-corrected chi connectivity index (χ0v) is 11.0. The number of aromatic nitrogens is 2. The lowest BCUT2D eigenvalue weighted by Crippen LogP contribution is -2.26. The van der Waals surface area contributed by atoms with Crippen molar-refractivity contribution in [3.05, 3.63) is 12.1 Å². The maximum atomic E-state index is 14.1. The summed E-state index contributed by atoms with van der Waals surface area (Å²) in [5.41, 5.74) is 0. The van der Waals surface area contributed by atoms with E-state index >= 15 is 0 Å². The highest BCUT2D eigenvalue weighted by Gasteiger charge is 2.16. The minimum atomic E-state index is -0.522. The second kappa shape index (κ2) is 7.49. The lowest BCUT2D eigenvalue weighted by molar-refractivity contribution is 0.331. The van der Waals surface area contributed by atoms with E-state index in [0.29, 0.717) is 6.54 Å². The summed E-state index contributed by atoms with van der Waals surface area (Å²) in [7, 11) is 0. The van der Waals surface area contributed by atoms with E-state index < -0.39 is 5.82 Å². The van der Waals surface area contributed by atoms with Crippen LogP contribution in [-0.2, 0) is 0 Å². The molecule has 98 valence electrons. The predicted molar refractivity (Wildman–Crippen MR) is 69.1 cm³/mol. The molecular formula is C13H18FN3O. The van der Waals surface area contributed by atoms with Crippen LogP contribution < -0.4 is 9.64 Å². The van der Waals surface area contributed by atoms with Gasteiger partial charge in [-0.2, -0.15) is 9.37 Å². The maximum absolute atomic E-state index is 14.1. The van der Waals surface area contributed by atoms with Crippen molar-refractivity contribution in [2.75, 3.05) is 24.6 Å². The van der Waals surface area contributed by atoms with Gasteiger partial charge in [0.1, 0.15) is 6.33 Å².